The molecule has 6 heteroatoms. The SMILES string of the molecule is O=C1C2CCCCC2C(=O)N1c1cccc(-c2nc3cc(Cl)ccc3o2)c1. The van der Waals surface area contributed by atoms with Crippen molar-refractivity contribution in [2.24, 2.45) is 11.8 Å². The number of rotatable bonds is 2. The Hall–Kier alpha value is -2.66. The van der Waals surface area contributed by atoms with Crippen LogP contribution in [-0.2, 0) is 9.59 Å². The molecule has 1 saturated heterocycles. The van der Waals surface area contributed by atoms with Crippen LogP contribution in [0.1, 0.15) is 25.7 Å². The molecule has 5 nitrogen and oxygen atoms in total. The van der Waals surface area contributed by atoms with Gasteiger partial charge in [0.1, 0.15) is 5.52 Å². The van der Waals surface area contributed by atoms with Crippen LogP contribution in [-0.4, -0.2) is 16.8 Å². The minimum atomic E-state index is -0.165. The van der Waals surface area contributed by atoms with E-state index in [2.05, 4.69) is 4.98 Å². The minimum absolute atomic E-state index is 0.0776. The zero-order valence-corrected chi connectivity index (χ0v) is 15.3. The number of hydrogen-bond donors (Lipinski definition) is 0. The van der Waals surface area contributed by atoms with Crippen molar-refractivity contribution in [2.45, 2.75) is 25.7 Å². The van der Waals surface area contributed by atoms with Gasteiger partial charge in [0.25, 0.3) is 0 Å². The third-order valence-corrected chi connectivity index (χ3v) is 5.78. The summed E-state index contributed by atoms with van der Waals surface area (Å²) in [4.78, 5) is 31.5. The van der Waals surface area contributed by atoms with Crippen molar-refractivity contribution in [3.05, 3.63) is 47.5 Å². The highest BCUT2D eigenvalue weighted by Gasteiger charge is 2.48. The maximum atomic E-state index is 12.8. The first-order valence-corrected chi connectivity index (χ1v) is 9.54. The fourth-order valence-corrected chi connectivity index (χ4v) is 4.39. The zero-order chi connectivity index (χ0) is 18.5. The van der Waals surface area contributed by atoms with Crippen molar-refractivity contribution in [1.29, 1.82) is 0 Å². The number of amides is 2. The number of benzene rings is 2. The lowest BCUT2D eigenvalue weighted by Gasteiger charge is -2.19. The van der Waals surface area contributed by atoms with Crippen LogP contribution in [0.15, 0.2) is 46.9 Å². The summed E-state index contributed by atoms with van der Waals surface area (Å²) < 4.78 is 5.82. The number of anilines is 1. The molecule has 2 heterocycles. The number of aromatic nitrogens is 1. The molecule has 1 aliphatic carbocycles. The molecular formula is C21H17ClN2O3. The topological polar surface area (TPSA) is 63.4 Å². The maximum Gasteiger partial charge on any atom is 0.237 e. The molecule has 3 aromatic rings. The molecule has 2 aromatic carbocycles. The molecule has 0 radical (unpaired) electrons. The fourth-order valence-electron chi connectivity index (χ4n) is 4.22. The summed E-state index contributed by atoms with van der Waals surface area (Å²) in [6.45, 7) is 0. The van der Waals surface area contributed by atoms with E-state index in [1.165, 1.54) is 4.90 Å². The van der Waals surface area contributed by atoms with Crippen LogP contribution in [0.4, 0.5) is 5.69 Å². The van der Waals surface area contributed by atoms with Crippen molar-refractivity contribution >= 4 is 40.2 Å². The second-order valence-corrected chi connectivity index (χ2v) is 7.63. The molecule has 1 saturated carbocycles. The fraction of sp³-hybridized carbons (Fsp3) is 0.286. The largest absolute Gasteiger partial charge is 0.436 e. The maximum absolute atomic E-state index is 12.8. The lowest BCUT2D eigenvalue weighted by Crippen LogP contribution is -2.30. The third-order valence-electron chi connectivity index (χ3n) is 5.54. The van der Waals surface area contributed by atoms with E-state index in [0.717, 1.165) is 31.2 Å². The average Bonchev–Trinajstić information content (AvgIpc) is 3.21. The van der Waals surface area contributed by atoms with E-state index in [4.69, 9.17) is 16.0 Å². The normalized spacial score (nSPS) is 22.5. The van der Waals surface area contributed by atoms with Crippen molar-refractivity contribution in [3.8, 4) is 11.5 Å². The summed E-state index contributed by atoms with van der Waals surface area (Å²) in [6, 6.07) is 12.5. The number of oxazole rings is 1. The van der Waals surface area contributed by atoms with Gasteiger partial charge in [0.15, 0.2) is 5.58 Å². The zero-order valence-electron chi connectivity index (χ0n) is 14.5. The minimum Gasteiger partial charge on any atom is -0.436 e. The summed E-state index contributed by atoms with van der Waals surface area (Å²) in [5.41, 5.74) is 2.61. The van der Waals surface area contributed by atoms with Crippen molar-refractivity contribution in [3.63, 3.8) is 0 Å². The lowest BCUT2D eigenvalue weighted by molar-refractivity contribution is -0.122. The quantitative estimate of drug-likeness (QED) is 0.597. The Morgan fingerprint density at radius 2 is 1.74 bits per heavy atom. The first-order chi connectivity index (χ1) is 13.1. The number of imide groups is 1. The predicted octanol–water partition coefficient (Wildman–Crippen LogP) is 4.83. The highest BCUT2D eigenvalue weighted by atomic mass is 35.5. The molecular weight excluding hydrogens is 364 g/mol. The van der Waals surface area contributed by atoms with Gasteiger partial charge in [-0.15, -0.1) is 0 Å². The van der Waals surface area contributed by atoms with E-state index in [0.29, 0.717) is 27.7 Å². The monoisotopic (exact) mass is 380 g/mol. The van der Waals surface area contributed by atoms with Gasteiger partial charge in [0.2, 0.25) is 17.7 Å². The molecule has 136 valence electrons. The van der Waals surface area contributed by atoms with Crippen LogP contribution in [0.2, 0.25) is 5.02 Å². The van der Waals surface area contributed by atoms with E-state index in [1.54, 1.807) is 30.3 Å². The first-order valence-electron chi connectivity index (χ1n) is 9.16. The first kappa shape index (κ1) is 16.5. The Bertz CT molecular complexity index is 1050. The Morgan fingerprint density at radius 1 is 1.00 bits per heavy atom. The van der Waals surface area contributed by atoms with Crippen LogP contribution in [0, 0.1) is 11.8 Å². The molecule has 1 aliphatic heterocycles. The van der Waals surface area contributed by atoms with Gasteiger partial charge in [-0.3, -0.25) is 14.5 Å². The van der Waals surface area contributed by atoms with E-state index in [-0.39, 0.29) is 23.7 Å². The summed E-state index contributed by atoms with van der Waals surface area (Å²) >= 11 is 6.01. The van der Waals surface area contributed by atoms with Crippen LogP contribution in [0.25, 0.3) is 22.6 Å². The summed E-state index contributed by atoms with van der Waals surface area (Å²) in [5.74, 6) is -0.0502. The average molecular weight is 381 g/mol. The molecule has 0 spiro atoms. The molecule has 2 unspecified atom stereocenters. The summed E-state index contributed by atoms with van der Waals surface area (Å²) in [7, 11) is 0. The van der Waals surface area contributed by atoms with Gasteiger partial charge in [-0.25, -0.2) is 4.98 Å². The molecule has 2 aliphatic rings. The Morgan fingerprint density at radius 3 is 2.48 bits per heavy atom. The second-order valence-electron chi connectivity index (χ2n) is 7.19. The molecule has 2 amide bonds. The second kappa shape index (κ2) is 6.20. The van der Waals surface area contributed by atoms with Gasteiger partial charge in [0.05, 0.1) is 17.5 Å². The Balaban J connectivity index is 1.53. The van der Waals surface area contributed by atoms with Gasteiger partial charge in [-0.1, -0.05) is 30.5 Å². The Kier molecular flexibility index (Phi) is 3.79. The summed E-state index contributed by atoms with van der Waals surface area (Å²) in [6.07, 6.45) is 3.63. The van der Waals surface area contributed by atoms with Gasteiger partial charge in [-0.05, 0) is 49.2 Å². The highest BCUT2D eigenvalue weighted by Crippen LogP contribution is 2.40. The molecule has 0 bridgehead atoms. The van der Waals surface area contributed by atoms with E-state index in [9.17, 15) is 9.59 Å². The van der Waals surface area contributed by atoms with Crippen LogP contribution < -0.4 is 4.90 Å². The molecule has 27 heavy (non-hydrogen) atoms. The highest BCUT2D eigenvalue weighted by molar-refractivity contribution is 6.31. The number of carbonyl (C=O) groups excluding carboxylic acids is 2. The molecule has 2 fully saturated rings. The van der Waals surface area contributed by atoms with Gasteiger partial charge in [0, 0.05) is 10.6 Å². The molecule has 2 atom stereocenters. The standard InChI is InChI=1S/C21H17ClN2O3/c22-13-8-9-18-17(11-13)23-19(27-18)12-4-3-5-14(10-12)24-20(25)15-6-1-2-7-16(15)21(24)26/h3-5,8-11,15-16H,1-2,6-7H2. The van der Waals surface area contributed by atoms with E-state index >= 15 is 0 Å². The number of hydrogen-bond acceptors (Lipinski definition) is 4. The number of fused-ring (bicyclic) bond motifs is 2. The number of nitrogens with zero attached hydrogens (tertiary/aromatic N) is 2. The van der Waals surface area contributed by atoms with Crippen molar-refractivity contribution in [1.82, 2.24) is 4.98 Å². The number of carbonyl (C=O) groups is 2. The molecule has 1 aromatic heterocycles. The predicted molar refractivity (Wildman–Crippen MR) is 102 cm³/mol. The van der Waals surface area contributed by atoms with Crippen LogP contribution in [0.3, 0.4) is 0 Å². The van der Waals surface area contributed by atoms with E-state index < -0.39 is 0 Å². The van der Waals surface area contributed by atoms with Gasteiger partial charge < -0.3 is 4.42 Å². The van der Waals surface area contributed by atoms with Gasteiger partial charge in [-0.2, -0.15) is 0 Å². The van der Waals surface area contributed by atoms with Crippen molar-refractivity contribution < 1.29 is 14.0 Å². The van der Waals surface area contributed by atoms with Crippen LogP contribution >= 0.6 is 11.6 Å². The van der Waals surface area contributed by atoms with E-state index in [1.807, 2.05) is 12.1 Å². The molecule has 0 N–H and O–H groups in total. The number of halogens is 1. The Labute approximate surface area is 160 Å². The van der Waals surface area contributed by atoms with Gasteiger partial charge >= 0.3 is 0 Å². The summed E-state index contributed by atoms with van der Waals surface area (Å²) in [5, 5.41) is 0.590. The third kappa shape index (κ3) is 2.65. The van der Waals surface area contributed by atoms with Crippen molar-refractivity contribution in [2.75, 3.05) is 4.90 Å². The lowest BCUT2D eigenvalue weighted by atomic mass is 9.81. The molecule has 5 rings (SSSR count). The van der Waals surface area contributed by atoms with Crippen LogP contribution in [0.5, 0.6) is 0 Å². The smallest absolute Gasteiger partial charge is 0.237 e.